The van der Waals surface area contributed by atoms with Gasteiger partial charge in [-0.25, -0.2) is 0 Å². The Kier molecular flexibility index (Phi) is 7.61. The molecule has 0 bridgehead atoms. The van der Waals surface area contributed by atoms with E-state index in [-0.39, 0.29) is 24.0 Å². The van der Waals surface area contributed by atoms with Gasteiger partial charge in [0, 0.05) is 24.4 Å². The topological polar surface area (TPSA) is 112 Å². The summed E-state index contributed by atoms with van der Waals surface area (Å²) < 4.78 is 7.74. The predicted molar refractivity (Wildman–Crippen MR) is 123 cm³/mol. The van der Waals surface area contributed by atoms with Crippen LogP contribution in [0.2, 0.25) is 0 Å². The van der Waals surface area contributed by atoms with E-state index in [4.69, 9.17) is 4.74 Å². The molecular weight excluding hydrogens is 430 g/mol. The van der Waals surface area contributed by atoms with Crippen molar-refractivity contribution in [2.75, 3.05) is 11.1 Å². The first-order chi connectivity index (χ1) is 15.4. The number of nitrogens with one attached hydrogen (secondary N) is 1. The van der Waals surface area contributed by atoms with Gasteiger partial charge in [-0.1, -0.05) is 23.9 Å². The van der Waals surface area contributed by atoms with Gasteiger partial charge >= 0.3 is 0 Å². The molecule has 1 N–H and O–H groups in total. The van der Waals surface area contributed by atoms with Crippen molar-refractivity contribution in [2.24, 2.45) is 0 Å². The van der Waals surface area contributed by atoms with E-state index in [2.05, 4.69) is 28.2 Å². The van der Waals surface area contributed by atoms with Crippen molar-refractivity contribution >= 4 is 29.0 Å². The number of amides is 1. The number of nitrogens with zero attached hydrogens (tertiary/aromatic N) is 4. The summed E-state index contributed by atoms with van der Waals surface area (Å²) in [5.41, 5.74) is 2.67. The van der Waals surface area contributed by atoms with Gasteiger partial charge in [0.2, 0.25) is 5.91 Å². The molecular formula is C22H23N5O4S. The molecule has 0 unspecified atom stereocenters. The number of ether oxygens (including phenoxy) is 1. The molecule has 0 aliphatic rings. The van der Waals surface area contributed by atoms with Crippen molar-refractivity contribution in [1.29, 1.82) is 0 Å². The second kappa shape index (κ2) is 10.6. The number of carbonyl (C=O) groups excluding carboxylic acids is 1. The monoisotopic (exact) mass is 453 g/mol. The second-order valence-electron chi connectivity index (χ2n) is 7.05. The third-order valence-electron chi connectivity index (χ3n) is 4.36. The van der Waals surface area contributed by atoms with E-state index < -0.39 is 4.92 Å². The van der Waals surface area contributed by atoms with Gasteiger partial charge in [-0.15, -0.1) is 16.8 Å². The Bertz CT molecular complexity index is 1110. The molecule has 3 aromatic rings. The van der Waals surface area contributed by atoms with Crippen LogP contribution >= 0.6 is 11.8 Å². The SMILES string of the molecule is C=CCn1c(COc2cc(C)cc(C)c2)nnc1SCC(=O)Nc1ccc([N+](=O)[O-])cc1. The van der Waals surface area contributed by atoms with Crippen LogP contribution in [0, 0.1) is 24.0 Å². The number of nitro benzene ring substituents is 1. The summed E-state index contributed by atoms with van der Waals surface area (Å²) in [6, 6.07) is 11.6. The number of aryl methyl sites for hydroxylation is 2. The van der Waals surface area contributed by atoms with Crippen LogP contribution in [0.15, 0.2) is 60.3 Å². The zero-order chi connectivity index (χ0) is 23.1. The van der Waals surface area contributed by atoms with Gasteiger partial charge in [0.15, 0.2) is 11.0 Å². The molecule has 0 saturated heterocycles. The average molecular weight is 454 g/mol. The smallest absolute Gasteiger partial charge is 0.269 e. The Balaban J connectivity index is 1.61. The minimum Gasteiger partial charge on any atom is -0.486 e. The number of hydrogen-bond acceptors (Lipinski definition) is 7. The molecule has 1 amide bonds. The first kappa shape index (κ1) is 23.0. The van der Waals surface area contributed by atoms with Crippen molar-refractivity contribution in [1.82, 2.24) is 14.8 Å². The Labute approximate surface area is 189 Å². The number of benzene rings is 2. The summed E-state index contributed by atoms with van der Waals surface area (Å²) >= 11 is 1.24. The van der Waals surface area contributed by atoms with Crippen LogP contribution in [0.4, 0.5) is 11.4 Å². The maximum absolute atomic E-state index is 12.3. The predicted octanol–water partition coefficient (Wildman–Crippen LogP) is 4.30. The minimum absolute atomic E-state index is 0.0366. The van der Waals surface area contributed by atoms with Crippen LogP contribution in [0.1, 0.15) is 17.0 Å². The Hall–Kier alpha value is -3.66. The highest BCUT2D eigenvalue weighted by Crippen LogP contribution is 2.21. The number of anilines is 1. The van der Waals surface area contributed by atoms with E-state index in [1.807, 2.05) is 30.5 Å². The molecule has 9 nitrogen and oxygen atoms in total. The van der Waals surface area contributed by atoms with Gasteiger partial charge in [-0.05, 0) is 49.2 Å². The normalized spacial score (nSPS) is 10.6. The molecule has 0 saturated carbocycles. The molecule has 0 spiro atoms. The van der Waals surface area contributed by atoms with Crippen molar-refractivity contribution in [2.45, 2.75) is 32.2 Å². The molecule has 0 aliphatic heterocycles. The van der Waals surface area contributed by atoms with Gasteiger partial charge < -0.3 is 10.1 Å². The first-order valence-corrected chi connectivity index (χ1v) is 10.8. The number of rotatable bonds is 10. The van der Waals surface area contributed by atoms with Crippen molar-refractivity contribution in [3.8, 4) is 5.75 Å². The second-order valence-corrected chi connectivity index (χ2v) is 7.99. The molecule has 166 valence electrons. The lowest BCUT2D eigenvalue weighted by Gasteiger charge is -2.10. The van der Waals surface area contributed by atoms with E-state index in [0.29, 0.717) is 23.2 Å². The quantitative estimate of drug-likeness (QED) is 0.211. The Morgan fingerprint density at radius 2 is 1.91 bits per heavy atom. The number of carbonyl (C=O) groups is 1. The molecule has 1 heterocycles. The number of non-ortho nitro benzene ring substituents is 1. The van der Waals surface area contributed by atoms with E-state index in [9.17, 15) is 14.9 Å². The van der Waals surface area contributed by atoms with E-state index in [1.54, 1.807) is 6.08 Å². The summed E-state index contributed by atoms with van der Waals surface area (Å²) in [6.07, 6.45) is 1.73. The molecule has 0 atom stereocenters. The van der Waals surface area contributed by atoms with Crippen molar-refractivity contribution in [3.63, 3.8) is 0 Å². The molecule has 0 fully saturated rings. The van der Waals surface area contributed by atoms with Gasteiger partial charge in [0.05, 0.1) is 10.7 Å². The third-order valence-corrected chi connectivity index (χ3v) is 5.33. The summed E-state index contributed by atoms with van der Waals surface area (Å²) in [5.74, 6) is 1.23. The third kappa shape index (κ3) is 6.17. The standard InChI is InChI=1S/C22H23N5O4S/c1-4-9-26-20(13-31-19-11-15(2)10-16(3)12-19)24-25-22(26)32-14-21(28)23-17-5-7-18(8-6-17)27(29)30/h4-8,10-12H,1,9,13-14H2,2-3H3,(H,23,28). The van der Waals surface area contributed by atoms with E-state index in [1.165, 1.54) is 36.0 Å². The molecule has 10 heteroatoms. The van der Waals surface area contributed by atoms with Crippen LogP contribution < -0.4 is 10.1 Å². The maximum atomic E-state index is 12.3. The van der Waals surface area contributed by atoms with Gasteiger partial charge in [-0.3, -0.25) is 19.5 Å². The number of hydrogen-bond donors (Lipinski definition) is 1. The highest BCUT2D eigenvalue weighted by atomic mass is 32.2. The van der Waals surface area contributed by atoms with E-state index in [0.717, 1.165) is 16.9 Å². The zero-order valence-corrected chi connectivity index (χ0v) is 18.6. The lowest BCUT2D eigenvalue weighted by molar-refractivity contribution is -0.384. The minimum atomic E-state index is -0.491. The van der Waals surface area contributed by atoms with Crippen LogP contribution in [-0.2, 0) is 17.9 Å². The molecule has 3 rings (SSSR count). The summed E-state index contributed by atoms with van der Waals surface area (Å²) in [6.45, 7) is 8.51. The fourth-order valence-electron chi connectivity index (χ4n) is 3.00. The van der Waals surface area contributed by atoms with Crippen molar-refractivity contribution in [3.05, 3.63) is 82.2 Å². The van der Waals surface area contributed by atoms with Gasteiger partial charge in [0.25, 0.3) is 5.69 Å². The summed E-state index contributed by atoms with van der Waals surface area (Å²) in [5, 5.41) is 22.4. The molecule has 2 aromatic carbocycles. The highest BCUT2D eigenvalue weighted by Gasteiger charge is 2.15. The zero-order valence-electron chi connectivity index (χ0n) is 17.8. The summed E-state index contributed by atoms with van der Waals surface area (Å²) in [4.78, 5) is 22.5. The number of aromatic nitrogens is 3. The molecule has 32 heavy (non-hydrogen) atoms. The largest absolute Gasteiger partial charge is 0.486 e. The number of nitro groups is 1. The van der Waals surface area contributed by atoms with Crippen LogP contribution in [0.3, 0.4) is 0 Å². The Morgan fingerprint density at radius 1 is 1.22 bits per heavy atom. The average Bonchev–Trinajstić information content (AvgIpc) is 3.12. The fourth-order valence-corrected chi connectivity index (χ4v) is 3.77. The number of thioether (sulfide) groups is 1. The van der Waals surface area contributed by atoms with Gasteiger partial charge in [0.1, 0.15) is 12.4 Å². The lowest BCUT2D eigenvalue weighted by Crippen LogP contribution is -2.15. The highest BCUT2D eigenvalue weighted by molar-refractivity contribution is 7.99. The maximum Gasteiger partial charge on any atom is 0.269 e. The van der Waals surface area contributed by atoms with Crippen LogP contribution in [0.5, 0.6) is 5.75 Å². The van der Waals surface area contributed by atoms with Crippen molar-refractivity contribution < 1.29 is 14.5 Å². The Morgan fingerprint density at radius 3 is 2.53 bits per heavy atom. The number of allylic oxidation sites excluding steroid dienone is 1. The molecule has 0 aliphatic carbocycles. The van der Waals surface area contributed by atoms with Gasteiger partial charge in [-0.2, -0.15) is 0 Å². The van der Waals surface area contributed by atoms with Crippen LogP contribution in [0.25, 0.3) is 0 Å². The van der Waals surface area contributed by atoms with Crippen LogP contribution in [-0.4, -0.2) is 31.3 Å². The fraction of sp³-hybridized carbons (Fsp3) is 0.227. The molecule has 1 aromatic heterocycles. The molecule has 0 radical (unpaired) electrons. The lowest BCUT2D eigenvalue weighted by atomic mass is 10.1. The first-order valence-electron chi connectivity index (χ1n) is 9.77. The van der Waals surface area contributed by atoms with E-state index >= 15 is 0 Å². The summed E-state index contributed by atoms with van der Waals surface area (Å²) in [7, 11) is 0.